The van der Waals surface area contributed by atoms with Gasteiger partial charge in [0.15, 0.2) is 0 Å². The second kappa shape index (κ2) is 5.78. The number of nitrogens with one attached hydrogen (secondary N) is 1. The van der Waals surface area contributed by atoms with Gasteiger partial charge in [0.2, 0.25) is 0 Å². The smallest absolute Gasteiger partial charge is 0.109 e. The molecule has 17 heavy (non-hydrogen) atoms. The zero-order valence-electron chi connectivity index (χ0n) is 10.4. The lowest BCUT2D eigenvalue weighted by Crippen LogP contribution is -2.53. The highest BCUT2D eigenvalue weighted by Gasteiger charge is 2.35. The predicted octanol–water partition coefficient (Wildman–Crippen LogP) is 0.675. The molecule has 0 saturated carbocycles. The van der Waals surface area contributed by atoms with Gasteiger partial charge < -0.3 is 9.57 Å². The Bertz CT molecular complexity index is 276. The third-order valence-corrected chi connectivity index (χ3v) is 3.74. The Balaban J connectivity index is 1.81. The largest absolute Gasteiger partial charge is 0.377 e. The van der Waals surface area contributed by atoms with Crippen molar-refractivity contribution in [1.82, 2.24) is 10.4 Å². The van der Waals surface area contributed by atoms with Crippen molar-refractivity contribution in [1.29, 1.82) is 5.26 Å². The van der Waals surface area contributed by atoms with Gasteiger partial charge in [-0.15, -0.1) is 0 Å². The third kappa shape index (κ3) is 3.17. The van der Waals surface area contributed by atoms with Crippen LogP contribution in [0.25, 0.3) is 0 Å². The highest BCUT2D eigenvalue weighted by molar-refractivity contribution is 5.09. The summed E-state index contributed by atoms with van der Waals surface area (Å²) in [5, 5.41) is 14.7. The predicted molar refractivity (Wildman–Crippen MR) is 63.1 cm³/mol. The van der Waals surface area contributed by atoms with E-state index in [1.807, 2.05) is 5.06 Å². The van der Waals surface area contributed by atoms with Crippen LogP contribution in [0.4, 0.5) is 0 Å². The summed E-state index contributed by atoms with van der Waals surface area (Å²) in [6, 6.07) is 2.44. The maximum Gasteiger partial charge on any atom is 0.109 e. The Morgan fingerprint density at radius 3 is 2.82 bits per heavy atom. The Morgan fingerprint density at radius 2 is 2.29 bits per heavy atom. The molecule has 5 heteroatoms. The Labute approximate surface area is 103 Å². The van der Waals surface area contributed by atoms with Gasteiger partial charge >= 0.3 is 0 Å². The van der Waals surface area contributed by atoms with Gasteiger partial charge in [0.05, 0.1) is 19.3 Å². The van der Waals surface area contributed by atoms with Crippen LogP contribution in [-0.4, -0.2) is 50.1 Å². The minimum absolute atomic E-state index is 0.292. The lowest BCUT2D eigenvalue weighted by molar-refractivity contribution is -0.149. The molecule has 1 N–H and O–H groups in total. The molecule has 1 atom stereocenters. The van der Waals surface area contributed by atoms with Gasteiger partial charge in [-0.3, -0.25) is 5.32 Å². The molecule has 2 saturated heterocycles. The molecule has 0 amide bonds. The molecule has 0 spiro atoms. The summed E-state index contributed by atoms with van der Waals surface area (Å²) in [4.78, 5) is 5.18. The third-order valence-electron chi connectivity index (χ3n) is 3.74. The average Bonchev–Trinajstić information content (AvgIpc) is 2.90. The molecule has 0 aromatic rings. The fourth-order valence-corrected chi connectivity index (χ4v) is 2.49. The molecular formula is C12H21N3O2. The summed E-state index contributed by atoms with van der Waals surface area (Å²) in [6.07, 6.45) is 4.16. The van der Waals surface area contributed by atoms with E-state index in [0.29, 0.717) is 6.10 Å². The Kier molecular flexibility index (Phi) is 4.35. The standard InChI is InChI=1S/C12H21N3O2/c1-16-15-6-4-12(10-13,5-7-15)14-9-11-3-2-8-17-11/h11,14H,2-9H2,1H3. The summed E-state index contributed by atoms with van der Waals surface area (Å²) >= 11 is 0. The van der Waals surface area contributed by atoms with E-state index in [2.05, 4.69) is 11.4 Å². The van der Waals surface area contributed by atoms with Crippen molar-refractivity contribution >= 4 is 0 Å². The minimum atomic E-state index is -0.388. The van der Waals surface area contributed by atoms with Crippen molar-refractivity contribution in [2.24, 2.45) is 0 Å². The van der Waals surface area contributed by atoms with E-state index < -0.39 is 0 Å². The first-order chi connectivity index (χ1) is 8.28. The molecule has 96 valence electrons. The molecule has 2 fully saturated rings. The lowest BCUT2D eigenvalue weighted by Gasteiger charge is -2.37. The zero-order chi connectivity index (χ0) is 12.1. The Morgan fingerprint density at radius 1 is 1.53 bits per heavy atom. The van der Waals surface area contributed by atoms with Crippen LogP contribution < -0.4 is 5.32 Å². The first-order valence-corrected chi connectivity index (χ1v) is 6.35. The van der Waals surface area contributed by atoms with Crippen LogP contribution in [-0.2, 0) is 9.57 Å². The van der Waals surface area contributed by atoms with Gasteiger partial charge in [-0.2, -0.15) is 10.3 Å². The van der Waals surface area contributed by atoms with E-state index in [0.717, 1.165) is 51.9 Å². The number of ether oxygens (including phenoxy) is 1. The monoisotopic (exact) mass is 239 g/mol. The van der Waals surface area contributed by atoms with Crippen LogP contribution in [0.3, 0.4) is 0 Å². The fourth-order valence-electron chi connectivity index (χ4n) is 2.49. The van der Waals surface area contributed by atoms with Gasteiger partial charge in [-0.1, -0.05) is 0 Å². The van der Waals surface area contributed by atoms with Crippen LogP contribution >= 0.6 is 0 Å². The van der Waals surface area contributed by atoms with E-state index >= 15 is 0 Å². The van der Waals surface area contributed by atoms with Crippen LogP contribution in [0.1, 0.15) is 25.7 Å². The second-order valence-electron chi connectivity index (χ2n) is 4.82. The minimum Gasteiger partial charge on any atom is -0.377 e. The van der Waals surface area contributed by atoms with Crippen molar-refractivity contribution < 1.29 is 9.57 Å². The van der Waals surface area contributed by atoms with Crippen molar-refractivity contribution in [3.05, 3.63) is 0 Å². The number of nitriles is 1. The van der Waals surface area contributed by atoms with Crippen molar-refractivity contribution in [3.63, 3.8) is 0 Å². The topological polar surface area (TPSA) is 57.5 Å². The first kappa shape index (κ1) is 12.8. The summed E-state index contributed by atoms with van der Waals surface area (Å²) in [5.41, 5.74) is -0.388. The molecular weight excluding hydrogens is 218 g/mol. The molecule has 2 aliphatic rings. The zero-order valence-corrected chi connectivity index (χ0v) is 10.4. The van der Waals surface area contributed by atoms with Gasteiger partial charge in [-0.25, -0.2) is 0 Å². The van der Waals surface area contributed by atoms with Gasteiger partial charge in [0.1, 0.15) is 5.54 Å². The molecule has 0 aromatic carbocycles. The first-order valence-electron chi connectivity index (χ1n) is 6.35. The molecule has 1 unspecified atom stereocenters. The van der Waals surface area contributed by atoms with Crippen LogP contribution in [0.5, 0.6) is 0 Å². The van der Waals surface area contributed by atoms with Crippen LogP contribution in [0.2, 0.25) is 0 Å². The van der Waals surface area contributed by atoms with E-state index in [9.17, 15) is 5.26 Å². The number of hydrogen-bond acceptors (Lipinski definition) is 5. The van der Waals surface area contributed by atoms with Crippen LogP contribution in [0, 0.1) is 11.3 Å². The maximum absolute atomic E-state index is 9.36. The summed E-state index contributed by atoms with van der Waals surface area (Å²) in [7, 11) is 1.68. The Hall–Kier alpha value is -0.670. The summed E-state index contributed by atoms with van der Waals surface area (Å²) < 4.78 is 5.57. The number of nitrogens with zero attached hydrogens (tertiary/aromatic N) is 2. The van der Waals surface area contributed by atoms with E-state index in [1.54, 1.807) is 7.11 Å². The average molecular weight is 239 g/mol. The number of hydrogen-bond donors (Lipinski definition) is 1. The van der Waals surface area contributed by atoms with Gasteiger partial charge in [-0.05, 0) is 25.7 Å². The van der Waals surface area contributed by atoms with Crippen molar-refractivity contribution in [2.45, 2.75) is 37.3 Å². The van der Waals surface area contributed by atoms with Gasteiger partial charge in [0.25, 0.3) is 0 Å². The molecule has 2 aliphatic heterocycles. The highest BCUT2D eigenvalue weighted by atomic mass is 16.7. The second-order valence-corrected chi connectivity index (χ2v) is 4.82. The molecule has 0 aromatic heterocycles. The fraction of sp³-hybridized carbons (Fsp3) is 0.917. The molecule has 0 aliphatic carbocycles. The molecule has 2 heterocycles. The molecule has 0 radical (unpaired) electrons. The number of piperidine rings is 1. The quantitative estimate of drug-likeness (QED) is 0.781. The highest BCUT2D eigenvalue weighted by Crippen LogP contribution is 2.22. The van der Waals surface area contributed by atoms with E-state index in [1.165, 1.54) is 0 Å². The number of rotatable bonds is 4. The van der Waals surface area contributed by atoms with Crippen molar-refractivity contribution in [2.75, 3.05) is 33.4 Å². The van der Waals surface area contributed by atoms with E-state index in [-0.39, 0.29) is 5.54 Å². The summed E-state index contributed by atoms with van der Waals surface area (Å²) in [5.74, 6) is 0. The number of hydroxylamine groups is 2. The van der Waals surface area contributed by atoms with Crippen molar-refractivity contribution in [3.8, 4) is 6.07 Å². The maximum atomic E-state index is 9.36. The molecule has 2 rings (SSSR count). The molecule has 5 nitrogen and oxygen atoms in total. The lowest BCUT2D eigenvalue weighted by atomic mass is 9.89. The van der Waals surface area contributed by atoms with Gasteiger partial charge in [0, 0.05) is 26.2 Å². The van der Waals surface area contributed by atoms with Crippen LogP contribution in [0.15, 0.2) is 0 Å². The summed E-state index contributed by atoms with van der Waals surface area (Å²) in [6.45, 7) is 3.27. The normalized spacial score (nSPS) is 29.1. The molecule has 0 bridgehead atoms. The SMILES string of the molecule is CON1CCC(C#N)(NCC2CCCO2)CC1. The van der Waals surface area contributed by atoms with E-state index in [4.69, 9.17) is 9.57 Å².